The lowest BCUT2D eigenvalue weighted by Gasteiger charge is -2.25. The molecule has 1 unspecified atom stereocenters. The number of ether oxygens (including phenoxy) is 4. The Labute approximate surface area is 206 Å². The van der Waals surface area contributed by atoms with E-state index in [1.807, 2.05) is 0 Å². The molecule has 12 heteroatoms. The minimum atomic E-state index is -2.99. The maximum atomic E-state index is 14.8. The van der Waals surface area contributed by atoms with Crippen LogP contribution in [-0.4, -0.2) is 48.3 Å². The Morgan fingerprint density at radius 3 is 2.22 bits per heavy atom. The van der Waals surface area contributed by atoms with E-state index in [-0.39, 0.29) is 54.9 Å². The van der Waals surface area contributed by atoms with Gasteiger partial charge in [-0.3, -0.25) is 9.59 Å². The first-order valence-corrected chi connectivity index (χ1v) is 11.5. The second-order valence-electron chi connectivity index (χ2n) is 7.85. The van der Waals surface area contributed by atoms with E-state index in [4.69, 9.17) is 18.9 Å². The number of hydrogen-bond acceptors (Lipinski definition) is 9. The van der Waals surface area contributed by atoms with Gasteiger partial charge in [0.15, 0.2) is 12.2 Å². The minimum absolute atomic E-state index is 0.00641. The highest BCUT2D eigenvalue weighted by Crippen LogP contribution is 2.37. The third kappa shape index (κ3) is 5.93. The Morgan fingerprint density at radius 1 is 1.08 bits per heavy atom. The predicted octanol–water partition coefficient (Wildman–Crippen LogP) is 4.29. The number of alkyl halides is 2. The van der Waals surface area contributed by atoms with Crippen LogP contribution in [0, 0.1) is 12.7 Å². The molecule has 1 N–H and O–H groups in total. The van der Waals surface area contributed by atoms with Crippen molar-refractivity contribution in [3.05, 3.63) is 52.2 Å². The fraction of sp³-hybridized carbons (Fsp3) is 0.500. The van der Waals surface area contributed by atoms with Gasteiger partial charge in [0.1, 0.15) is 17.5 Å². The van der Waals surface area contributed by atoms with Crippen LogP contribution < -0.4 is 5.32 Å². The molecule has 196 valence electrons. The molecular weight excluding hydrogens is 483 g/mol. The monoisotopic (exact) mass is 511 g/mol. The number of halogens is 3. The molecule has 9 nitrogen and oxygen atoms in total. The van der Waals surface area contributed by atoms with Crippen LogP contribution in [0.1, 0.15) is 73.7 Å². The number of aryl methyl sites for hydroxylation is 1. The number of carbonyl (C=O) groups is 2. The number of anilines is 1. The Bertz CT molecular complexity index is 1080. The van der Waals surface area contributed by atoms with Crippen LogP contribution >= 0.6 is 0 Å². The fourth-order valence-corrected chi connectivity index (χ4v) is 3.82. The molecule has 1 aromatic heterocycles. The van der Waals surface area contributed by atoms with Crippen LogP contribution in [0.25, 0.3) is 0 Å². The van der Waals surface area contributed by atoms with E-state index in [0.717, 1.165) is 6.07 Å². The number of rotatable bonds is 10. The Balaban J connectivity index is 2.13. The second kappa shape index (κ2) is 12.1. The first-order chi connectivity index (χ1) is 17.2. The standard InChI is InChI=1S/C24H28F3N3O6/c1-5-33-22(31)17(23(32)34-6-2)19-16(24-35-10-11-36-24)21(30-13(4)29-19)28-12(3)14-8-7-9-15(18(14)25)20(26)27/h7-9,12,17,20,24H,5-6,10-11H2,1-4H3,(H,28,29,30). The van der Waals surface area contributed by atoms with E-state index in [9.17, 15) is 22.8 Å². The average molecular weight is 511 g/mol. The van der Waals surface area contributed by atoms with Gasteiger partial charge in [-0.05, 0) is 27.7 Å². The van der Waals surface area contributed by atoms with E-state index >= 15 is 0 Å². The van der Waals surface area contributed by atoms with E-state index < -0.39 is 48.0 Å². The number of carbonyl (C=O) groups excluding carboxylic acids is 2. The third-order valence-corrected chi connectivity index (χ3v) is 5.38. The molecule has 36 heavy (non-hydrogen) atoms. The first kappa shape index (κ1) is 27.3. The summed E-state index contributed by atoms with van der Waals surface area (Å²) in [7, 11) is 0. The van der Waals surface area contributed by atoms with Gasteiger partial charge < -0.3 is 24.3 Å². The maximum Gasteiger partial charge on any atom is 0.326 e. The molecule has 0 aliphatic carbocycles. The highest BCUT2D eigenvalue weighted by molar-refractivity contribution is 6.01. The lowest BCUT2D eigenvalue weighted by atomic mass is 9.98. The van der Waals surface area contributed by atoms with Crippen LogP contribution in [0.3, 0.4) is 0 Å². The molecule has 1 aliphatic heterocycles. The van der Waals surface area contributed by atoms with Gasteiger partial charge in [0.2, 0.25) is 0 Å². The number of nitrogens with zero attached hydrogens (tertiary/aromatic N) is 2. The average Bonchev–Trinajstić information content (AvgIpc) is 3.33. The van der Waals surface area contributed by atoms with E-state index in [0.29, 0.717) is 0 Å². The largest absolute Gasteiger partial charge is 0.465 e. The molecule has 1 fully saturated rings. The van der Waals surface area contributed by atoms with Crippen molar-refractivity contribution in [2.24, 2.45) is 0 Å². The van der Waals surface area contributed by atoms with E-state index in [1.165, 1.54) is 19.1 Å². The van der Waals surface area contributed by atoms with Gasteiger partial charge in [-0.15, -0.1) is 0 Å². The van der Waals surface area contributed by atoms with E-state index in [2.05, 4.69) is 15.3 Å². The molecule has 0 bridgehead atoms. The maximum absolute atomic E-state index is 14.8. The van der Waals surface area contributed by atoms with Crippen LogP contribution in [0.15, 0.2) is 18.2 Å². The summed E-state index contributed by atoms with van der Waals surface area (Å²) in [6.45, 7) is 6.73. The van der Waals surface area contributed by atoms with Gasteiger partial charge in [0.25, 0.3) is 6.43 Å². The molecule has 1 saturated heterocycles. The topological polar surface area (TPSA) is 109 Å². The zero-order chi connectivity index (χ0) is 26.4. The molecule has 3 rings (SSSR count). The van der Waals surface area contributed by atoms with Crippen molar-refractivity contribution in [1.82, 2.24) is 9.97 Å². The molecule has 2 heterocycles. The number of esters is 2. The zero-order valence-corrected chi connectivity index (χ0v) is 20.3. The third-order valence-electron chi connectivity index (χ3n) is 5.38. The Hall–Kier alpha value is -3.25. The van der Waals surface area contributed by atoms with Crippen molar-refractivity contribution in [2.45, 2.75) is 52.4 Å². The Kier molecular flexibility index (Phi) is 9.21. The van der Waals surface area contributed by atoms with Crippen molar-refractivity contribution < 1.29 is 41.7 Å². The molecule has 0 amide bonds. The first-order valence-electron chi connectivity index (χ1n) is 11.5. The highest BCUT2D eigenvalue weighted by Gasteiger charge is 2.40. The lowest BCUT2D eigenvalue weighted by molar-refractivity contribution is -0.157. The minimum Gasteiger partial charge on any atom is -0.465 e. The van der Waals surface area contributed by atoms with Crippen LogP contribution in [0.2, 0.25) is 0 Å². The molecule has 0 saturated carbocycles. The smallest absolute Gasteiger partial charge is 0.326 e. The summed E-state index contributed by atoms with van der Waals surface area (Å²) in [5.41, 5.74) is -0.686. The molecule has 0 radical (unpaired) electrons. The number of nitrogens with one attached hydrogen (secondary N) is 1. The summed E-state index contributed by atoms with van der Waals surface area (Å²) in [5.74, 6) is -4.14. The summed E-state index contributed by atoms with van der Waals surface area (Å²) in [4.78, 5) is 34.4. The predicted molar refractivity (Wildman–Crippen MR) is 121 cm³/mol. The highest BCUT2D eigenvalue weighted by atomic mass is 19.3. The lowest BCUT2D eigenvalue weighted by Crippen LogP contribution is -2.30. The fourth-order valence-electron chi connectivity index (χ4n) is 3.82. The van der Waals surface area contributed by atoms with Gasteiger partial charge >= 0.3 is 11.9 Å². The zero-order valence-electron chi connectivity index (χ0n) is 20.3. The van der Waals surface area contributed by atoms with Gasteiger partial charge in [0, 0.05) is 5.56 Å². The molecule has 2 aromatic rings. The van der Waals surface area contributed by atoms with Crippen molar-refractivity contribution in [3.63, 3.8) is 0 Å². The normalized spacial score (nSPS) is 14.8. The molecule has 1 aromatic carbocycles. The molecule has 1 atom stereocenters. The Morgan fingerprint density at radius 2 is 1.67 bits per heavy atom. The second-order valence-corrected chi connectivity index (χ2v) is 7.85. The summed E-state index contributed by atoms with van der Waals surface area (Å²) in [6, 6.07) is 2.86. The van der Waals surface area contributed by atoms with Gasteiger partial charge in [-0.2, -0.15) is 0 Å². The van der Waals surface area contributed by atoms with E-state index in [1.54, 1.807) is 20.8 Å². The van der Waals surface area contributed by atoms with Crippen LogP contribution in [0.5, 0.6) is 0 Å². The quantitative estimate of drug-likeness (QED) is 0.369. The van der Waals surface area contributed by atoms with Crippen molar-refractivity contribution >= 4 is 17.8 Å². The van der Waals surface area contributed by atoms with Gasteiger partial charge in [0.05, 0.1) is 49.3 Å². The van der Waals surface area contributed by atoms with Crippen LogP contribution in [0.4, 0.5) is 19.0 Å². The van der Waals surface area contributed by atoms with Crippen molar-refractivity contribution in [1.29, 1.82) is 0 Å². The number of aromatic nitrogens is 2. The molecule has 1 aliphatic rings. The summed E-state index contributed by atoms with van der Waals surface area (Å²) in [6.07, 6.45) is -4.05. The van der Waals surface area contributed by atoms with Crippen molar-refractivity contribution in [3.8, 4) is 0 Å². The van der Waals surface area contributed by atoms with Crippen molar-refractivity contribution in [2.75, 3.05) is 31.7 Å². The molecule has 0 spiro atoms. The number of benzene rings is 1. The van der Waals surface area contributed by atoms with Gasteiger partial charge in [-0.1, -0.05) is 18.2 Å². The summed E-state index contributed by atoms with van der Waals surface area (Å²) < 4.78 is 62.8. The SMILES string of the molecule is CCOC(=O)C(C(=O)OCC)c1nc(C)nc(NC(C)c2cccc(C(F)F)c2F)c1C1OCCO1. The van der Waals surface area contributed by atoms with Crippen LogP contribution in [-0.2, 0) is 28.5 Å². The summed E-state index contributed by atoms with van der Waals surface area (Å²) in [5, 5.41) is 2.99. The number of hydrogen-bond donors (Lipinski definition) is 1. The summed E-state index contributed by atoms with van der Waals surface area (Å²) >= 11 is 0. The van der Waals surface area contributed by atoms with Gasteiger partial charge in [-0.25, -0.2) is 23.1 Å². The molecular formula is C24H28F3N3O6.